The smallest absolute Gasteiger partial charge is 0.330 e. The van der Waals surface area contributed by atoms with E-state index in [1.807, 2.05) is 0 Å². The van der Waals surface area contributed by atoms with Crippen molar-refractivity contribution in [2.24, 2.45) is 0 Å². The van der Waals surface area contributed by atoms with Crippen molar-refractivity contribution in [2.75, 3.05) is 0 Å². The normalized spacial score (nSPS) is 17.3. The predicted molar refractivity (Wildman–Crippen MR) is 52.0 cm³/mol. The molecule has 1 saturated heterocycles. The molecule has 0 atom stereocenters. The zero-order valence-corrected chi connectivity index (χ0v) is 8.95. The van der Waals surface area contributed by atoms with Crippen LogP contribution in [0.5, 0.6) is 0 Å². The van der Waals surface area contributed by atoms with Gasteiger partial charge in [-0.1, -0.05) is 13.8 Å². The summed E-state index contributed by atoms with van der Waals surface area (Å²) in [5, 5.41) is 9.17. The van der Waals surface area contributed by atoms with E-state index < -0.39 is 11.5 Å². The van der Waals surface area contributed by atoms with Crippen molar-refractivity contribution in [3.63, 3.8) is 0 Å². The summed E-state index contributed by atoms with van der Waals surface area (Å²) >= 11 is 0. The van der Waals surface area contributed by atoms with Gasteiger partial charge in [0.15, 0.2) is 0 Å². The molecule has 1 fully saturated rings. The Hall–Kier alpha value is -1.39. The Labute approximate surface area is 88.1 Å². The molecule has 0 spiro atoms. The third kappa shape index (κ3) is 1.62. The minimum absolute atomic E-state index is 0.133. The molecule has 2 amide bonds. The second kappa shape index (κ2) is 4.00. The number of carbonyl (C=O) groups is 3. The number of nitrogens with zero attached hydrogens (tertiary/aromatic N) is 1. The van der Waals surface area contributed by atoms with E-state index in [0.29, 0.717) is 0 Å². The molecular weight excluding hydrogens is 198 g/mol. The first kappa shape index (κ1) is 11.7. The molecule has 0 aromatic heterocycles. The van der Waals surface area contributed by atoms with Crippen LogP contribution in [0.2, 0.25) is 0 Å². The minimum atomic E-state index is -1.34. The third-order valence-electron chi connectivity index (χ3n) is 3.05. The van der Waals surface area contributed by atoms with Crippen LogP contribution in [0.1, 0.15) is 39.5 Å². The maximum absolute atomic E-state index is 11.5. The van der Waals surface area contributed by atoms with Crippen molar-refractivity contribution in [3.8, 4) is 0 Å². The van der Waals surface area contributed by atoms with E-state index in [2.05, 4.69) is 0 Å². The molecule has 1 aliphatic rings. The van der Waals surface area contributed by atoms with Crippen LogP contribution < -0.4 is 0 Å². The van der Waals surface area contributed by atoms with Crippen molar-refractivity contribution in [2.45, 2.75) is 45.1 Å². The summed E-state index contributed by atoms with van der Waals surface area (Å²) in [5.74, 6) is -1.84. The highest BCUT2D eigenvalue weighted by Crippen LogP contribution is 2.30. The molecule has 5 heteroatoms. The molecule has 5 nitrogen and oxygen atoms in total. The molecule has 1 heterocycles. The molecule has 0 aliphatic carbocycles. The van der Waals surface area contributed by atoms with Crippen molar-refractivity contribution >= 4 is 17.8 Å². The van der Waals surface area contributed by atoms with E-state index >= 15 is 0 Å². The van der Waals surface area contributed by atoms with Gasteiger partial charge in [0.1, 0.15) is 5.54 Å². The Kier molecular flexibility index (Phi) is 3.12. The fraction of sp³-hybridized carbons (Fsp3) is 0.700. The van der Waals surface area contributed by atoms with E-state index in [1.165, 1.54) is 0 Å². The van der Waals surface area contributed by atoms with Gasteiger partial charge in [-0.2, -0.15) is 0 Å². The van der Waals surface area contributed by atoms with Crippen LogP contribution in [-0.4, -0.2) is 33.3 Å². The Morgan fingerprint density at radius 2 is 1.67 bits per heavy atom. The van der Waals surface area contributed by atoms with E-state index in [4.69, 9.17) is 0 Å². The summed E-state index contributed by atoms with van der Waals surface area (Å²) in [6, 6.07) is 0. The predicted octanol–water partition coefficient (Wildman–Crippen LogP) is 0.779. The quantitative estimate of drug-likeness (QED) is 0.700. The molecule has 1 N–H and O–H groups in total. The van der Waals surface area contributed by atoms with Gasteiger partial charge in [0.05, 0.1) is 0 Å². The number of hydrogen-bond acceptors (Lipinski definition) is 3. The number of aliphatic carboxylic acids is 1. The average Bonchev–Trinajstić information content (AvgIpc) is 2.52. The highest BCUT2D eigenvalue weighted by Gasteiger charge is 2.49. The second-order valence-electron chi connectivity index (χ2n) is 3.67. The molecule has 1 aliphatic heterocycles. The number of carboxylic acid groups (broad SMARTS) is 1. The molecule has 84 valence electrons. The number of carboxylic acids is 1. The van der Waals surface area contributed by atoms with E-state index in [1.54, 1.807) is 13.8 Å². The van der Waals surface area contributed by atoms with Crippen molar-refractivity contribution in [1.82, 2.24) is 4.90 Å². The average molecular weight is 213 g/mol. The van der Waals surface area contributed by atoms with Gasteiger partial charge in [-0.15, -0.1) is 0 Å². The molecule has 0 unspecified atom stereocenters. The topological polar surface area (TPSA) is 74.7 Å². The van der Waals surface area contributed by atoms with Crippen LogP contribution >= 0.6 is 0 Å². The molecule has 0 bridgehead atoms. The van der Waals surface area contributed by atoms with Crippen LogP contribution in [0, 0.1) is 0 Å². The Bertz CT molecular complexity index is 291. The van der Waals surface area contributed by atoms with Gasteiger partial charge in [-0.05, 0) is 12.8 Å². The first-order chi connectivity index (χ1) is 6.99. The third-order valence-corrected chi connectivity index (χ3v) is 3.05. The zero-order chi connectivity index (χ0) is 11.6. The summed E-state index contributed by atoms with van der Waals surface area (Å²) in [6.45, 7) is 3.35. The van der Waals surface area contributed by atoms with Crippen LogP contribution in [0.15, 0.2) is 0 Å². The fourth-order valence-electron chi connectivity index (χ4n) is 2.02. The number of rotatable bonds is 4. The molecule has 0 aromatic rings. The molecule has 0 aromatic carbocycles. The lowest BCUT2D eigenvalue weighted by Gasteiger charge is -2.35. The molecular formula is C10H15NO4. The van der Waals surface area contributed by atoms with Gasteiger partial charge in [-0.25, -0.2) is 4.79 Å². The van der Waals surface area contributed by atoms with Gasteiger partial charge in [0.25, 0.3) is 0 Å². The number of likely N-dealkylation sites (tertiary alicyclic amines) is 1. The standard InChI is InChI=1S/C10H15NO4/c1-3-10(4-2,9(14)15)11-7(12)5-6-8(11)13/h3-6H2,1-2H3,(H,14,15). The first-order valence-electron chi connectivity index (χ1n) is 5.09. The maximum atomic E-state index is 11.5. The Morgan fingerprint density at radius 1 is 1.27 bits per heavy atom. The Morgan fingerprint density at radius 3 is 1.93 bits per heavy atom. The maximum Gasteiger partial charge on any atom is 0.330 e. The van der Waals surface area contributed by atoms with E-state index in [-0.39, 0.29) is 37.5 Å². The number of hydrogen-bond donors (Lipinski definition) is 1. The molecule has 1 rings (SSSR count). The molecule has 0 radical (unpaired) electrons. The SMILES string of the molecule is CCC(CC)(C(=O)O)N1C(=O)CCC1=O. The molecule has 0 saturated carbocycles. The van der Waals surface area contributed by atoms with Gasteiger partial charge in [0.2, 0.25) is 11.8 Å². The van der Waals surface area contributed by atoms with Crippen molar-refractivity contribution in [3.05, 3.63) is 0 Å². The van der Waals surface area contributed by atoms with Crippen LogP contribution in [0.3, 0.4) is 0 Å². The Balaban J connectivity index is 3.13. The lowest BCUT2D eigenvalue weighted by molar-refractivity contribution is -0.163. The number of imide groups is 1. The highest BCUT2D eigenvalue weighted by molar-refractivity contribution is 6.06. The fourth-order valence-corrected chi connectivity index (χ4v) is 2.02. The second-order valence-corrected chi connectivity index (χ2v) is 3.67. The monoisotopic (exact) mass is 213 g/mol. The lowest BCUT2D eigenvalue weighted by atomic mass is 9.91. The van der Waals surface area contributed by atoms with Gasteiger partial charge < -0.3 is 5.11 Å². The first-order valence-corrected chi connectivity index (χ1v) is 5.09. The van der Waals surface area contributed by atoms with Crippen LogP contribution in [-0.2, 0) is 14.4 Å². The van der Waals surface area contributed by atoms with Crippen LogP contribution in [0.25, 0.3) is 0 Å². The summed E-state index contributed by atoms with van der Waals surface area (Å²) < 4.78 is 0. The zero-order valence-electron chi connectivity index (χ0n) is 8.95. The molecule has 15 heavy (non-hydrogen) atoms. The highest BCUT2D eigenvalue weighted by atomic mass is 16.4. The van der Waals surface area contributed by atoms with Gasteiger partial charge in [-0.3, -0.25) is 14.5 Å². The van der Waals surface area contributed by atoms with Crippen molar-refractivity contribution < 1.29 is 19.5 Å². The van der Waals surface area contributed by atoms with Crippen molar-refractivity contribution in [1.29, 1.82) is 0 Å². The van der Waals surface area contributed by atoms with Gasteiger partial charge >= 0.3 is 5.97 Å². The summed E-state index contributed by atoms with van der Waals surface area (Å²) in [4.78, 5) is 35.1. The number of carbonyl (C=O) groups excluding carboxylic acids is 2. The largest absolute Gasteiger partial charge is 0.479 e. The van der Waals surface area contributed by atoms with Crippen LogP contribution in [0.4, 0.5) is 0 Å². The summed E-state index contributed by atoms with van der Waals surface area (Å²) in [5.41, 5.74) is -1.34. The summed E-state index contributed by atoms with van der Waals surface area (Å²) in [7, 11) is 0. The summed E-state index contributed by atoms with van der Waals surface area (Å²) in [6.07, 6.45) is 0.758. The van der Waals surface area contributed by atoms with E-state index in [0.717, 1.165) is 4.90 Å². The lowest BCUT2D eigenvalue weighted by Crippen LogP contribution is -2.56. The van der Waals surface area contributed by atoms with Gasteiger partial charge in [0, 0.05) is 12.8 Å². The van der Waals surface area contributed by atoms with E-state index in [9.17, 15) is 19.5 Å². The number of amides is 2. The minimum Gasteiger partial charge on any atom is -0.479 e.